The van der Waals surface area contributed by atoms with E-state index in [1.807, 2.05) is 0 Å². The van der Waals surface area contributed by atoms with Gasteiger partial charge in [0.05, 0.1) is 0 Å². The normalized spacial score (nSPS) is 26.2. The average molecular weight is 216 g/mol. The number of unbranched alkanes of at least 4 members (excludes halogenated alkanes) is 5. The van der Waals surface area contributed by atoms with Gasteiger partial charge < -0.3 is 0 Å². The van der Waals surface area contributed by atoms with Crippen LogP contribution in [0.4, 0.5) is 0 Å². The minimum atomic E-state index is 0.611. The van der Waals surface area contributed by atoms with Gasteiger partial charge in [0.2, 0.25) is 0 Å². The molecule has 3 aliphatic carbocycles. The molecule has 16 heavy (non-hydrogen) atoms. The van der Waals surface area contributed by atoms with E-state index in [-0.39, 0.29) is 0 Å². The molecule has 0 aliphatic heterocycles. The van der Waals surface area contributed by atoms with E-state index in [4.69, 9.17) is 0 Å². The number of hydrogen-bond donors (Lipinski definition) is 0. The fraction of sp³-hybridized carbons (Fsp3) is 0.625. The minimum absolute atomic E-state index is 0.611. The number of allylic oxidation sites excluding steroid dienone is 6. The van der Waals surface area contributed by atoms with Crippen LogP contribution in [-0.4, -0.2) is 0 Å². The van der Waals surface area contributed by atoms with Crippen molar-refractivity contribution in [1.29, 1.82) is 0 Å². The Morgan fingerprint density at radius 1 is 0.875 bits per heavy atom. The lowest BCUT2D eigenvalue weighted by Crippen LogP contribution is -2.11. The van der Waals surface area contributed by atoms with Crippen LogP contribution in [0.5, 0.6) is 0 Å². The Morgan fingerprint density at radius 3 is 2.19 bits per heavy atom. The molecule has 3 aliphatic rings. The molecular weight excluding hydrogens is 192 g/mol. The van der Waals surface area contributed by atoms with Crippen LogP contribution in [0, 0.1) is 11.8 Å². The van der Waals surface area contributed by atoms with E-state index in [9.17, 15) is 0 Å². The number of rotatable bonds is 7. The van der Waals surface area contributed by atoms with Crippen LogP contribution in [-0.2, 0) is 0 Å². The Kier molecular flexibility index (Phi) is 4.44. The summed E-state index contributed by atoms with van der Waals surface area (Å²) in [6.45, 7) is 2.28. The topological polar surface area (TPSA) is 0 Å². The first kappa shape index (κ1) is 11.7. The summed E-state index contributed by atoms with van der Waals surface area (Å²) < 4.78 is 0. The molecule has 0 fully saturated rings. The first-order valence-electron chi connectivity index (χ1n) is 6.97. The van der Waals surface area contributed by atoms with Gasteiger partial charge in [-0.3, -0.25) is 0 Å². The SMILES string of the molecule is CCCCCCCCC1=CC2C=CC1C=C2. The van der Waals surface area contributed by atoms with Crippen molar-refractivity contribution in [2.24, 2.45) is 11.8 Å². The highest BCUT2D eigenvalue weighted by Crippen LogP contribution is 2.32. The third-order valence-corrected chi connectivity index (χ3v) is 3.74. The second-order valence-corrected chi connectivity index (χ2v) is 5.13. The summed E-state index contributed by atoms with van der Waals surface area (Å²) in [7, 11) is 0. The van der Waals surface area contributed by atoms with Crippen molar-refractivity contribution < 1.29 is 0 Å². The molecule has 0 heterocycles. The molecule has 0 heteroatoms. The van der Waals surface area contributed by atoms with Crippen LogP contribution in [0.25, 0.3) is 0 Å². The molecule has 0 unspecified atom stereocenters. The molecule has 0 N–H and O–H groups in total. The summed E-state index contributed by atoms with van der Waals surface area (Å²) in [5.74, 6) is 1.25. The lowest BCUT2D eigenvalue weighted by atomic mass is 9.80. The molecule has 0 aromatic heterocycles. The molecule has 0 spiro atoms. The highest BCUT2D eigenvalue weighted by Gasteiger charge is 2.18. The zero-order chi connectivity index (χ0) is 11.2. The van der Waals surface area contributed by atoms with Crippen LogP contribution < -0.4 is 0 Å². The molecule has 0 aromatic carbocycles. The summed E-state index contributed by atoms with van der Waals surface area (Å²) in [5.41, 5.74) is 1.67. The lowest BCUT2D eigenvalue weighted by molar-refractivity contribution is 0.595. The van der Waals surface area contributed by atoms with Crippen LogP contribution in [0.2, 0.25) is 0 Å². The van der Waals surface area contributed by atoms with Gasteiger partial charge in [0.25, 0.3) is 0 Å². The van der Waals surface area contributed by atoms with Gasteiger partial charge in [0.1, 0.15) is 0 Å². The van der Waals surface area contributed by atoms with E-state index in [0.717, 1.165) is 0 Å². The highest BCUT2D eigenvalue weighted by atomic mass is 14.2. The first-order chi connectivity index (χ1) is 7.90. The summed E-state index contributed by atoms with van der Waals surface area (Å²) >= 11 is 0. The molecule has 0 saturated carbocycles. The molecular formula is C16H24. The summed E-state index contributed by atoms with van der Waals surface area (Å²) in [6.07, 6.45) is 21.6. The van der Waals surface area contributed by atoms with E-state index in [1.54, 1.807) is 5.57 Å². The molecule has 0 atom stereocenters. The summed E-state index contributed by atoms with van der Waals surface area (Å²) in [5, 5.41) is 0. The van der Waals surface area contributed by atoms with Gasteiger partial charge in [-0.15, -0.1) is 0 Å². The molecule has 0 aromatic rings. The summed E-state index contributed by atoms with van der Waals surface area (Å²) in [6, 6.07) is 0. The van der Waals surface area contributed by atoms with Crippen molar-refractivity contribution in [3.8, 4) is 0 Å². The van der Waals surface area contributed by atoms with Crippen LogP contribution in [0.15, 0.2) is 36.0 Å². The Bertz CT molecular complexity index is 279. The fourth-order valence-electron chi connectivity index (χ4n) is 2.70. The Labute approximate surface area is 100 Å². The molecule has 0 radical (unpaired) electrons. The Balaban J connectivity index is 1.61. The van der Waals surface area contributed by atoms with Gasteiger partial charge in [-0.2, -0.15) is 0 Å². The van der Waals surface area contributed by atoms with Crippen molar-refractivity contribution >= 4 is 0 Å². The van der Waals surface area contributed by atoms with Crippen LogP contribution in [0.1, 0.15) is 51.9 Å². The van der Waals surface area contributed by atoms with Crippen molar-refractivity contribution in [2.75, 3.05) is 0 Å². The lowest BCUT2D eigenvalue weighted by Gasteiger charge is -2.25. The Hall–Kier alpha value is -0.780. The van der Waals surface area contributed by atoms with Crippen molar-refractivity contribution in [3.05, 3.63) is 36.0 Å². The first-order valence-corrected chi connectivity index (χ1v) is 6.97. The van der Waals surface area contributed by atoms with Gasteiger partial charge in [-0.1, -0.05) is 75.0 Å². The molecule has 3 rings (SSSR count). The average Bonchev–Trinajstić information content (AvgIpc) is 2.35. The highest BCUT2D eigenvalue weighted by molar-refractivity contribution is 5.35. The molecule has 2 bridgehead atoms. The second-order valence-electron chi connectivity index (χ2n) is 5.13. The smallest absolute Gasteiger partial charge is 0.0158 e. The van der Waals surface area contributed by atoms with Crippen molar-refractivity contribution in [3.63, 3.8) is 0 Å². The van der Waals surface area contributed by atoms with Crippen LogP contribution >= 0.6 is 0 Å². The van der Waals surface area contributed by atoms with E-state index in [2.05, 4.69) is 37.3 Å². The molecule has 0 nitrogen and oxygen atoms in total. The predicted molar refractivity (Wildman–Crippen MR) is 71.3 cm³/mol. The quantitative estimate of drug-likeness (QED) is 0.413. The third-order valence-electron chi connectivity index (χ3n) is 3.74. The molecule has 0 amide bonds. The minimum Gasteiger partial charge on any atom is -0.0769 e. The maximum Gasteiger partial charge on any atom is 0.0158 e. The standard InChI is InChI=1S/C16H24/c1-2-3-4-5-6-7-8-16-13-14-9-11-15(16)12-10-14/h9-15H,2-8H2,1H3. The maximum absolute atomic E-state index is 2.47. The van der Waals surface area contributed by atoms with Crippen LogP contribution in [0.3, 0.4) is 0 Å². The van der Waals surface area contributed by atoms with Gasteiger partial charge in [0, 0.05) is 11.8 Å². The maximum atomic E-state index is 2.47. The largest absolute Gasteiger partial charge is 0.0769 e. The summed E-state index contributed by atoms with van der Waals surface area (Å²) in [4.78, 5) is 0. The molecule has 0 saturated heterocycles. The zero-order valence-electron chi connectivity index (χ0n) is 10.5. The Morgan fingerprint density at radius 2 is 1.56 bits per heavy atom. The second kappa shape index (κ2) is 6.08. The van der Waals surface area contributed by atoms with Gasteiger partial charge >= 0.3 is 0 Å². The van der Waals surface area contributed by atoms with Crippen molar-refractivity contribution in [2.45, 2.75) is 51.9 Å². The van der Waals surface area contributed by atoms with Crippen molar-refractivity contribution in [1.82, 2.24) is 0 Å². The third kappa shape index (κ3) is 3.10. The van der Waals surface area contributed by atoms with E-state index >= 15 is 0 Å². The van der Waals surface area contributed by atoms with Gasteiger partial charge in [-0.05, 0) is 12.8 Å². The fourth-order valence-corrected chi connectivity index (χ4v) is 2.70. The predicted octanol–water partition coefficient (Wildman–Crippen LogP) is 5.04. The molecule has 88 valence electrons. The number of hydrogen-bond acceptors (Lipinski definition) is 0. The van der Waals surface area contributed by atoms with E-state index in [0.29, 0.717) is 11.8 Å². The van der Waals surface area contributed by atoms with E-state index in [1.165, 1.54) is 44.9 Å². The monoisotopic (exact) mass is 216 g/mol. The van der Waals surface area contributed by atoms with Gasteiger partial charge in [0.15, 0.2) is 0 Å². The van der Waals surface area contributed by atoms with Gasteiger partial charge in [-0.25, -0.2) is 0 Å². The van der Waals surface area contributed by atoms with E-state index < -0.39 is 0 Å². The zero-order valence-corrected chi connectivity index (χ0v) is 10.5.